The predicted octanol–water partition coefficient (Wildman–Crippen LogP) is 8.00. The van der Waals surface area contributed by atoms with E-state index in [2.05, 4.69) is 40.3 Å². The van der Waals surface area contributed by atoms with Crippen molar-refractivity contribution in [2.75, 3.05) is 19.8 Å². The number of aromatic nitrogens is 3. The first-order valence-electron chi connectivity index (χ1n) is 15.5. The molecule has 0 bridgehead atoms. The van der Waals surface area contributed by atoms with Crippen molar-refractivity contribution in [1.29, 1.82) is 0 Å². The van der Waals surface area contributed by atoms with E-state index < -0.39 is 11.7 Å². The lowest BCUT2D eigenvalue weighted by atomic mass is 9.84. The summed E-state index contributed by atoms with van der Waals surface area (Å²) in [5.74, 6) is 1.24. The maximum atomic E-state index is 13.3. The van der Waals surface area contributed by atoms with Gasteiger partial charge in [-0.15, -0.1) is 0 Å². The first kappa shape index (κ1) is 30.5. The molecule has 0 amide bonds. The van der Waals surface area contributed by atoms with Crippen molar-refractivity contribution >= 4 is 27.5 Å². The standard InChI is InChI=1S/C37H39N3O5/c1-8-42-35-28(20-39-36(40-35)43-9-2)24-10-11-26-25(19-24)18-21(3)30(34(22(4)41)45-37(5,6)7)32(26)27-12-13-29-31-23(15-17-44-29)14-16-38-33(27)31/h10-14,16,18-20,34H,8-9,15,17H2,1-7H3. The molecule has 1 aliphatic rings. The molecule has 2 aromatic heterocycles. The van der Waals surface area contributed by atoms with Crippen LogP contribution < -0.4 is 14.2 Å². The Labute approximate surface area is 263 Å². The number of benzene rings is 3. The van der Waals surface area contributed by atoms with Gasteiger partial charge in [-0.25, -0.2) is 4.98 Å². The smallest absolute Gasteiger partial charge is 0.319 e. The van der Waals surface area contributed by atoms with Crippen LogP contribution in [0.2, 0.25) is 0 Å². The van der Waals surface area contributed by atoms with Gasteiger partial charge in [-0.2, -0.15) is 4.98 Å². The second-order valence-corrected chi connectivity index (χ2v) is 12.3. The van der Waals surface area contributed by atoms with Gasteiger partial charge in [0.15, 0.2) is 5.78 Å². The van der Waals surface area contributed by atoms with Crippen LogP contribution in [-0.2, 0) is 16.0 Å². The molecule has 0 fully saturated rings. The number of ketones is 1. The normalized spacial score (nSPS) is 13.5. The number of hydrogen-bond donors (Lipinski definition) is 0. The van der Waals surface area contributed by atoms with Gasteiger partial charge in [0.05, 0.1) is 36.5 Å². The molecule has 3 heterocycles. The second-order valence-electron chi connectivity index (χ2n) is 12.3. The highest BCUT2D eigenvalue weighted by molar-refractivity contribution is 6.09. The fraction of sp³-hybridized carbons (Fsp3) is 0.351. The third-order valence-electron chi connectivity index (χ3n) is 7.93. The molecule has 1 unspecified atom stereocenters. The first-order chi connectivity index (χ1) is 21.6. The number of hydrogen-bond acceptors (Lipinski definition) is 8. The Balaban J connectivity index is 1.65. The summed E-state index contributed by atoms with van der Waals surface area (Å²) in [6.45, 7) is 14.9. The minimum Gasteiger partial charge on any atom is -0.493 e. The monoisotopic (exact) mass is 605 g/mol. The molecule has 0 saturated carbocycles. The Bertz CT molecular complexity index is 1920. The second kappa shape index (κ2) is 12.1. The van der Waals surface area contributed by atoms with Crippen LogP contribution in [-0.4, -0.2) is 46.2 Å². The number of ether oxygens (including phenoxy) is 4. The van der Waals surface area contributed by atoms with Crippen LogP contribution in [0.3, 0.4) is 0 Å². The molecular weight excluding hydrogens is 566 g/mol. The quantitative estimate of drug-likeness (QED) is 0.167. The zero-order chi connectivity index (χ0) is 31.9. The summed E-state index contributed by atoms with van der Waals surface area (Å²) in [4.78, 5) is 27.2. The van der Waals surface area contributed by atoms with E-state index in [9.17, 15) is 4.79 Å². The minimum atomic E-state index is -0.768. The van der Waals surface area contributed by atoms with Crippen molar-refractivity contribution in [2.45, 2.75) is 66.6 Å². The number of Topliss-reactive ketones (excluding diaryl/α,β-unsaturated/α-hetero) is 1. The van der Waals surface area contributed by atoms with Gasteiger partial charge in [-0.1, -0.05) is 18.2 Å². The summed E-state index contributed by atoms with van der Waals surface area (Å²) in [7, 11) is 0. The highest BCUT2D eigenvalue weighted by Gasteiger charge is 2.31. The van der Waals surface area contributed by atoms with Gasteiger partial charge >= 0.3 is 6.01 Å². The van der Waals surface area contributed by atoms with Crippen LogP contribution in [0.4, 0.5) is 0 Å². The van der Waals surface area contributed by atoms with E-state index in [0.29, 0.717) is 25.7 Å². The van der Waals surface area contributed by atoms with Crippen LogP contribution in [0.25, 0.3) is 43.9 Å². The third kappa shape index (κ3) is 5.82. The molecule has 0 radical (unpaired) electrons. The molecule has 0 spiro atoms. The van der Waals surface area contributed by atoms with Gasteiger partial charge in [0.1, 0.15) is 11.9 Å². The van der Waals surface area contributed by atoms with E-state index in [1.165, 1.54) is 5.56 Å². The fourth-order valence-electron chi connectivity index (χ4n) is 6.16. The number of carbonyl (C=O) groups is 1. The Kier molecular flexibility index (Phi) is 8.18. The van der Waals surface area contributed by atoms with Crippen LogP contribution in [0.15, 0.2) is 54.9 Å². The molecule has 0 aliphatic carbocycles. The van der Waals surface area contributed by atoms with Gasteiger partial charge in [-0.05, 0) is 111 Å². The van der Waals surface area contributed by atoms with Crippen LogP contribution in [0, 0.1) is 6.92 Å². The molecule has 0 saturated heterocycles. The number of rotatable bonds is 9. The van der Waals surface area contributed by atoms with E-state index >= 15 is 0 Å². The molecule has 6 rings (SSSR count). The van der Waals surface area contributed by atoms with Crippen LogP contribution in [0.5, 0.6) is 17.6 Å². The van der Waals surface area contributed by atoms with Crippen molar-refractivity contribution in [2.24, 2.45) is 0 Å². The van der Waals surface area contributed by atoms with Crippen molar-refractivity contribution < 1.29 is 23.7 Å². The number of fused-ring (bicyclic) bond motifs is 1. The summed E-state index contributed by atoms with van der Waals surface area (Å²) < 4.78 is 24.0. The van der Waals surface area contributed by atoms with E-state index in [0.717, 1.165) is 67.2 Å². The molecule has 8 heteroatoms. The first-order valence-corrected chi connectivity index (χ1v) is 15.5. The molecule has 8 nitrogen and oxygen atoms in total. The molecule has 1 aliphatic heterocycles. The molecule has 45 heavy (non-hydrogen) atoms. The highest BCUT2D eigenvalue weighted by atomic mass is 16.5. The Morgan fingerprint density at radius 3 is 2.53 bits per heavy atom. The van der Waals surface area contributed by atoms with E-state index in [-0.39, 0.29) is 11.8 Å². The number of aryl methyl sites for hydroxylation is 1. The zero-order valence-electron chi connectivity index (χ0n) is 27.0. The van der Waals surface area contributed by atoms with Crippen LogP contribution >= 0.6 is 0 Å². The lowest BCUT2D eigenvalue weighted by Gasteiger charge is -2.30. The van der Waals surface area contributed by atoms with Crippen molar-refractivity contribution in [3.8, 4) is 39.9 Å². The summed E-state index contributed by atoms with van der Waals surface area (Å²) in [6.07, 6.45) is 3.65. The summed E-state index contributed by atoms with van der Waals surface area (Å²) in [6, 6.07) is 14.8. The van der Waals surface area contributed by atoms with Gasteiger partial charge in [0.2, 0.25) is 5.88 Å². The topological polar surface area (TPSA) is 92.7 Å². The molecular formula is C37H39N3O5. The lowest BCUT2D eigenvalue weighted by molar-refractivity contribution is -0.138. The average molecular weight is 606 g/mol. The largest absolute Gasteiger partial charge is 0.493 e. The fourth-order valence-corrected chi connectivity index (χ4v) is 6.16. The van der Waals surface area contributed by atoms with Crippen molar-refractivity contribution in [3.05, 3.63) is 71.5 Å². The SMILES string of the molecule is CCOc1ncc(-c2ccc3c(-c4ccc5c6c(ccnc46)CCO5)c(C(OC(C)(C)C)C(C)=O)c(C)cc3c2)c(OCC)n1. The molecule has 1 atom stereocenters. The maximum Gasteiger partial charge on any atom is 0.319 e. The number of nitrogens with zero attached hydrogens (tertiary/aromatic N) is 3. The Morgan fingerprint density at radius 2 is 1.80 bits per heavy atom. The predicted molar refractivity (Wildman–Crippen MR) is 176 cm³/mol. The molecule has 5 aromatic rings. The van der Waals surface area contributed by atoms with Crippen molar-refractivity contribution in [3.63, 3.8) is 0 Å². The van der Waals surface area contributed by atoms with Gasteiger partial charge < -0.3 is 18.9 Å². The van der Waals surface area contributed by atoms with E-state index in [4.69, 9.17) is 23.9 Å². The van der Waals surface area contributed by atoms with E-state index in [1.54, 1.807) is 13.1 Å². The van der Waals surface area contributed by atoms with Gasteiger partial charge in [0, 0.05) is 29.8 Å². The minimum absolute atomic E-state index is 0.0582. The van der Waals surface area contributed by atoms with E-state index in [1.807, 2.05) is 59.9 Å². The molecule has 3 aromatic carbocycles. The number of carbonyl (C=O) groups excluding carboxylic acids is 1. The molecule has 232 valence electrons. The van der Waals surface area contributed by atoms with Crippen LogP contribution in [0.1, 0.15) is 64.3 Å². The average Bonchev–Trinajstić information content (AvgIpc) is 3.00. The zero-order valence-corrected chi connectivity index (χ0v) is 27.0. The van der Waals surface area contributed by atoms with Gasteiger partial charge in [-0.3, -0.25) is 9.78 Å². The summed E-state index contributed by atoms with van der Waals surface area (Å²) in [5.41, 5.74) is 6.83. The summed E-state index contributed by atoms with van der Waals surface area (Å²) >= 11 is 0. The summed E-state index contributed by atoms with van der Waals surface area (Å²) in [5, 5.41) is 2.99. The Hall–Kier alpha value is -4.56. The Morgan fingerprint density at radius 1 is 1.00 bits per heavy atom. The number of pyridine rings is 1. The lowest BCUT2D eigenvalue weighted by Crippen LogP contribution is -2.27. The third-order valence-corrected chi connectivity index (χ3v) is 7.93. The maximum absolute atomic E-state index is 13.3. The molecule has 0 N–H and O–H groups in total. The van der Waals surface area contributed by atoms with Gasteiger partial charge in [0.25, 0.3) is 0 Å². The highest BCUT2D eigenvalue weighted by Crippen LogP contribution is 2.46. The van der Waals surface area contributed by atoms with Crippen molar-refractivity contribution in [1.82, 2.24) is 15.0 Å².